The first-order chi connectivity index (χ1) is 8.86. The summed E-state index contributed by atoms with van der Waals surface area (Å²) in [5.41, 5.74) is 3.02. The van der Waals surface area contributed by atoms with E-state index in [1.54, 1.807) is 7.11 Å². The first kappa shape index (κ1) is 12.9. The van der Waals surface area contributed by atoms with E-state index in [4.69, 9.17) is 9.94 Å². The summed E-state index contributed by atoms with van der Waals surface area (Å²) in [6, 6.07) is 8.13. The van der Waals surface area contributed by atoms with Gasteiger partial charge in [0.1, 0.15) is 0 Å². The fraction of sp³-hybridized carbons (Fsp3) is 0.500. The second-order valence-corrected chi connectivity index (χ2v) is 4.50. The van der Waals surface area contributed by atoms with E-state index in [9.17, 15) is 0 Å². The summed E-state index contributed by atoms with van der Waals surface area (Å²) in [4.78, 5) is 2.36. The summed E-state index contributed by atoms with van der Waals surface area (Å²) in [6.45, 7) is 2.77. The highest BCUT2D eigenvalue weighted by Crippen LogP contribution is 2.27. The lowest BCUT2D eigenvalue weighted by molar-refractivity contribution is 0.193. The molecule has 4 heteroatoms. The van der Waals surface area contributed by atoms with Crippen LogP contribution >= 0.6 is 0 Å². The molecule has 0 spiro atoms. The minimum Gasteiger partial charge on any atom is -0.411 e. The predicted octanol–water partition coefficient (Wildman–Crippen LogP) is 2.50. The molecule has 1 N–H and O–H groups in total. The highest BCUT2D eigenvalue weighted by molar-refractivity contribution is 6.06. The van der Waals surface area contributed by atoms with Crippen LogP contribution in [0.15, 0.2) is 29.4 Å². The Kier molecular flexibility index (Phi) is 4.59. The molecule has 0 aromatic heterocycles. The number of para-hydroxylation sites is 1. The molecule has 1 heterocycles. The molecule has 0 unspecified atom stereocenters. The lowest BCUT2D eigenvalue weighted by atomic mass is 9.99. The van der Waals surface area contributed by atoms with Gasteiger partial charge in [0.25, 0.3) is 0 Å². The van der Waals surface area contributed by atoms with E-state index in [-0.39, 0.29) is 0 Å². The van der Waals surface area contributed by atoms with Crippen LogP contribution in [0.4, 0.5) is 5.69 Å². The predicted molar refractivity (Wildman–Crippen MR) is 72.7 cm³/mol. The molecule has 1 aliphatic rings. The van der Waals surface area contributed by atoms with Crippen molar-refractivity contribution >= 4 is 11.4 Å². The van der Waals surface area contributed by atoms with E-state index in [1.165, 1.54) is 5.69 Å². The topological polar surface area (TPSA) is 45.1 Å². The van der Waals surface area contributed by atoms with Crippen LogP contribution in [-0.4, -0.2) is 37.7 Å². The summed E-state index contributed by atoms with van der Waals surface area (Å²) in [5.74, 6) is 0. The van der Waals surface area contributed by atoms with Crippen LogP contribution in [0, 0.1) is 0 Å². The third kappa shape index (κ3) is 2.82. The van der Waals surface area contributed by atoms with Crippen molar-refractivity contribution in [3.8, 4) is 0 Å². The molecule has 1 aromatic rings. The van der Waals surface area contributed by atoms with Gasteiger partial charge in [0.05, 0.1) is 5.71 Å². The fourth-order valence-corrected chi connectivity index (χ4v) is 2.37. The minimum atomic E-state index is 0.791. The number of hydrogen-bond acceptors (Lipinski definition) is 4. The van der Waals surface area contributed by atoms with Crippen LogP contribution in [0.2, 0.25) is 0 Å². The van der Waals surface area contributed by atoms with Crippen LogP contribution in [0.1, 0.15) is 24.8 Å². The van der Waals surface area contributed by atoms with Gasteiger partial charge in [0.15, 0.2) is 0 Å². The molecule has 0 bridgehead atoms. The highest BCUT2D eigenvalue weighted by atomic mass is 16.5. The average Bonchev–Trinajstić information content (AvgIpc) is 2.43. The van der Waals surface area contributed by atoms with Crippen molar-refractivity contribution in [2.75, 3.05) is 31.7 Å². The van der Waals surface area contributed by atoms with Crippen molar-refractivity contribution in [1.29, 1.82) is 0 Å². The Morgan fingerprint density at radius 2 is 2.17 bits per heavy atom. The van der Waals surface area contributed by atoms with Gasteiger partial charge < -0.3 is 14.8 Å². The molecular formula is C14H20N2O2. The van der Waals surface area contributed by atoms with Gasteiger partial charge in [0, 0.05) is 44.5 Å². The first-order valence-corrected chi connectivity index (χ1v) is 6.41. The maximum absolute atomic E-state index is 9.02. The monoisotopic (exact) mass is 248 g/mol. The number of ether oxygens (including phenoxy) is 1. The Balaban J connectivity index is 2.06. The molecule has 0 radical (unpaired) electrons. The molecule has 0 fully saturated rings. The van der Waals surface area contributed by atoms with Gasteiger partial charge in [-0.25, -0.2) is 0 Å². The van der Waals surface area contributed by atoms with Gasteiger partial charge in [-0.05, 0) is 18.9 Å². The first-order valence-electron chi connectivity index (χ1n) is 6.41. The van der Waals surface area contributed by atoms with Crippen molar-refractivity contribution in [2.45, 2.75) is 19.3 Å². The summed E-state index contributed by atoms with van der Waals surface area (Å²) < 4.78 is 5.06. The van der Waals surface area contributed by atoms with Gasteiger partial charge >= 0.3 is 0 Å². The second-order valence-electron chi connectivity index (χ2n) is 4.50. The zero-order valence-corrected chi connectivity index (χ0v) is 10.8. The molecule has 0 atom stereocenters. The molecular weight excluding hydrogens is 228 g/mol. The number of nitrogens with zero attached hydrogens (tertiary/aromatic N) is 2. The van der Waals surface area contributed by atoms with Gasteiger partial charge in [-0.2, -0.15) is 0 Å². The summed E-state index contributed by atoms with van der Waals surface area (Å²) in [7, 11) is 1.74. The number of hydrogen-bond donors (Lipinski definition) is 1. The van der Waals surface area contributed by atoms with E-state index in [0.29, 0.717) is 0 Å². The Hall–Kier alpha value is -1.55. The van der Waals surface area contributed by atoms with Crippen molar-refractivity contribution < 1.29 is 9.94 Å². The Morgan fingerprint density at radius 3 is 2.94 bits per heavy atom. The lowest BCUT2D eigenvalue weighted by Crippen LogP contribution is -2.33. The van der Waals surface area contributed by atoms with Crippen molar-refractivity contribution in [2.24, 2.45) is 5.16 Å². The van der Waals surface area contributed by atoms with Crippen LogP contribution in [0.25, 0.3) is 0 Å². The van der Waals surface area contributed by atoms with E-state index < -0.39 is 0 Å². The number of fused-ring (bicyclic) bond motifs is 1. The van der Waals surface area contributed by atoms with Crippen molar-refractivity contribution in [3.63, 3.8) is 0 Å². The molecule has 1 aromatic carbocycles. The second kappa shape index (κ2) is 6.40. The van der Waals surface area contributed by atoms with Crippen LogP contribution < -0.4 is 4.90 Å². The summed E-state index contributed by atoms with van der Waals surface area (Å²) >= 11 is 0. The molecule has 1 aliphatic heterocycles. The van der Waals surface area contributed by atoms with Crippen LogP contribution in [0.5, 0.6) is 0 Å². The number of benzene rings is 1. The van der Waals surface area contributed by atoms with E-state index >= 15 is 0 Å². The Morgan fingerprint density at radius 1 is 1.33 bits per heavy atom. The molecule has 18 heavy (non-hydrogen) atoms. The van der Waals surface area contributed by atoms with E-state index in [1.807, 2.05) is 18.2 Å². The summed E-state index contributed by atoms with van der Waals surface area (Å²) in [5, 5.41) is 12.4. The minimum absolute atomic E-state index is 0.791. The zero-order valence-electron chi connectivity index (χ0n) is 10.8. The fourth-order valence-electron chi connectivity index (χ4n) is 2.37. The van der Waals surface area contributed by atoms with Gasteiger partial charge in [-0.15, -0.1) is 0 Å². The molecule has 98 valence electrons. The van der Waals surface area contributed by atoms with Crippen LogP contribution in [0.3, 0.4) is 0 Å². The number of methoxy groups -OCH3 is 1. The average molecular weight is 248 g/mol. The quantitative estimate of drug-likeness (QED) is 0.494. The smallest absolute Gasteiger partial charge is 0.0906 e. The molecule has 0 saturated heterocycles. The SMILES string of the molecule is COCCCCN1CC/C(=N/O)c2ccccc21. The summed E-state index contributed by atoms with van der Waals surface area (Å²) in [6.07, 6.45) is 3.00. The third-order valence-electron chi connectivity index (χ3n) is 3.32. The largest absolute Gasteiger partial charge is 0.411 e. The maximum Gasteiger partial charge on any atom is 0.0906 e. The van der Waals surface area contributed by atoms with Crippen LogP contribution in [-0.2, 0) is 4.74 Å². The van der Waals surface area contributed by atoms with Gasteiger partial charge in [-0.3, -0.25) is 0 Å². The van der Waals surface area contributed by atoms with Crippen molar-refractivity contribution in [3.05, 3.63) is 29.8 Å². The van der Waals surface area contributed by atoms with Gasteiger partial charge in [-0.1, -0.05) is 23.4 Å². The van der Waals surface area contributed by atoms with E-state index in [2.05, 4.69) is 16.1 Å². The van der Waals surface area contributed by atoms with Gasteiger partial charge in [0.2, 0.25) is 0 Å². The molecule has 2 rings (SSSR count). The van der Waals surface area contributed by atoms with E-state index in [0.717, 1.165) is 50.2 Å². The Bertz CT molecular complexity index is 418. The lowest BCUT2D eigenvalue weighted by Gasteiger charge is -2.31. The number of anilines is 1. The highest BCUT2D eigenvalue weighted by Gasteiger charge is 2.20. The third-order valence-corrected chi connectivity index (χ3v) is 3.32. The Labute approximate surface area is 108 Å². The molecule has 0 aliphatic carbocycles. The van der Waals surface area contributed by atoms with Crippen molar-refractivity contribution in [1.82, 2.24) is 0 Å². The molecule has 0 amide bonds. The number of rotatable bonds is 5. The molecule has 4 nitrogen and oxygen atoms in total. The normalized spacial score (nSPS) is 16.9. The molecule has 0 saturated carbocycles. The zero-order chi connectivity index (χ0) is 12.8. The number of oxime groups is 1. The standard InChI is InChI=1S/C14H20N2O2/c1-18-11-5-4-9-16-10-8-13(15-17)12-6-2-3-7-14(12)16/h2-3,6-7,17H,4-5,8-11H2,1H3/b15-13-. The maximum atomic E-state index is 9.02. The number of unbranched alkanes of at least 4 members (excludes halogenated alkanes) is 1.